The zero-order chi connectivity index (χ0) is 13.4. The van der Waals surface area contributed by atoms with E-state index in [1.54, 1.807) is 24.4 Å². The lowest BCUT2D eigenvalue weighted by Gasteiger charge is -2.31. The van der Waals surface area contributed by atoms with Crippen LogP contribution in [0, 0.1) is 0 Å². The summed E-state index contributed by atoms with van der Waals surface area (Å²) in [7, 11) is 0. The van der Waals surface area contributed by atoms with Crippen LogP contribution in [0.25, 0.3) is 0 Å². The first kappa shape index (κ1) is 11.6. The van der Waals surface area contributed by atoms with Gasteiger partial charge < -0.3 is 20.9 Å². The Bertz CT molecular complexity index is 634. The van der Waals surface area contributed by atoms with Crippen LogP contribution in [-0.2, 0) is 13.1 Å². The molecule has 0 fully saturated rings. The summed E-state index contributed by atoms with van der Waals surface area (Å²) >= 11 is 0. The van der Waals surface area contributed by atoms with Crippen LogP contribution in [0.3, 0.4) is 0 Å². The number of nitrogens with zero attached hydrogens (tertiary/aromatic N) is 3. The molecule has 2 heterocycles. The molecular weight excluding hydrogens is 242 g/mol. The molecule has 1 aliphatic rings. The average Bonchev–Trinajstić information content (AvgIpc) is 2.85. The second kappa shape index (κ2) is 4.31. The number of nitrogen functional groups attached to an aromatic ring is 1. The maximum absolute atomic E-state index is 11.5. The fraction of sp³-hybridized carbons (Fsp3) is 0.231. The summed E-state index contributed by atoms with van der Waals surface area (Å²) in [6.45, 7) is 2.22. The number of hydrogen-bond donors (Lipinski definition) is 2. The molecule has 0 saturated carbocycles. The number of rotatable bonds is 2. The van der Waals surface area contributed by atoms with Crippen LogP contribution in [0.1, 0.15) is 16.2 Å². The van der Waals surface area contributed by atoms with E-state index >= 15 is 0 Å². The lowest BCUT2D eigenvalue weighted by atomic mass is 10.1. The van der Waals surface area contributed by atoms with Gasteiger partial charge in [-0.15, -0.1) is 0 Å². The third-order valence-electron chi connectivity index (χ3n) is 3.39. The van der Waals surface area contributed by atoms with Crippen molar-refractivity contribution in [1.82, 2.24) is 9.55 Å². The van der Waals surface area contributed by atoms with Gasteiger partial charge in [0.15, 0.2) is 0 Å². The number of hydrogen-bond acceptors (Lipinski definition) is 4. The Labute approximate surface area is 110 Å². The Hall–Kier alpha value is -2.50. The summed E-state index contributed by atoms with van der Waals surface area (Å²) < 4.78 is 2.10. The summed E-state index contributed by atoms with van der Waals surface area (Å²) in [5.74, 6) is 0.501. The molecule has 0 aliphatic carbocycles. The van der Waals surface area contributed by atoms with Crippen LogP contribution in [0.15, 0.2) is 30.6 Å². The minimum Gasteiger partial charge on any atom is -0.397 e. The number of primary amides is 1. The monoisotopic (exact) mass is 257 g/mol. The predicted octanol–water partition coefficient (Wildman–Crippen LogP) is 0.584. The first-order chi connectivity index (χ1) is 9.16. The first-order valence-corrected chi connectivity index (χ1v) is 6.10. The Morgan fingerprint density at radius 2 is 2.16 bits per heavy atom. The largest absolute Gasteiger partial charge is 0.397 e. The summed E-state index contributed by atoms with van der Waals surface area (Å²) in [5, 5.41) is 0. The van der Waals surface area contributed by atoms with Gasteiger partial charge in [0.1, 0.15) is 5.82 Å². The maximum atomic E-state index is 11.5. The highest BCUT2D eigenvalue weighted by Gasteiger charge is 2.22. The summed E-state index contributed by atoms with van der Waals surface area (Å²) in [4.78, 5) is 17.9. The van der Waals surface area contributed by atoms with Crippen LogP contribution in [0.5, 0.6) is 0 Å². The van der Waals surface area contributed by atoms with Crippen molar-refractivity contribution in [2.75, 3.05) is 17.2 Å². The van der Waals surface area contributed by atoms with Gasteiger partial charge in [0, 0.05) is 25.5 Å². The number of para-hydroxylation sites is 1. The highest BCUT2D eigenvalue weighted by atomic mass is 16.1. The van der Waals surface area contributed by atoms with Crippen LogP contribution >= 0.6 is 0 Å². The molecule has 0 saturated heterocycles. The van der Waals surface area contributed by atoms with Gasteiger partial charge >= 0.3 is 0 Å². The van der Waals surface area contributed by atoms with E-state index in [0.717, 1.165) is 18.9 Å². The van der Waals surface area contributed by atoms with Gasteiger partial charge in [0.05, 0.1) is 23.5 Å². The molecule has 1 aromatic carbocycles. The van der Waals surface area contributed by atoms with Gasteiger partial charge in [-0.1, -0.05) is 6.07 Å². The van der Waals surface area contributed by atoms with E-state index in [0.29, 0.717) is 23.5 Å². The third kappa shape index (κ3) is 1.91. The number of imidazole rings is 1. The van der Waals surface area contributed by atoms with E-state index in [9.17, 15) is 4.79 Å². The fourth-order valence-electron chi connectivity index (χ4n) is 2.48. The number of carbonyl (C=O) groups is 1. The zero-order valence-electron chi connectivity index (χ0n) is 10.4. The molecule has 0 atom stereocenters. The molecule has 0 radical (unpaired) electrons. The molecule has 0 unspecified atom stereocenters. The summed E-state index contributed by atoms with van der Waals surface area (Å²) in [6, 6.07) is 5.22. The van der Waals surface area contributed by atoms with Gasteiger partial charge in [0.25, 0.3) is 5.91 Å². The van der Waals surface area contributed by atoms with E-state index in [2.05, 4.69) is 14.5 Å². The van der Waals surface area contributed by atoms with Crippen molar-refractivity contribution in [2.45, 2.75) is 13.1 Å². The lowest BCUT2D eigenvalue weighted by Crippen LogP contribution is -2.35. The van der Waals surface area contributed by atoms with E-state index in [1.165, 1.54) is 0 Å². The van der Waals surface area contributed by atoms with Crippen molar-refractivity contribution in [1.29, 1.82) is 0 Å². The van der Waals surface area contributed by atoms with Gasteiger partial charge in [0.2, 0.25) is 0 Å². The molecule has 98 valence electrons. The summed E-state index contributed by atoms with van der Waals surface area (Å²) in [6.07, 6.45) is 3.73. The third-order valence-corrected chi connectivity index (χ3v) is 3.39. The van der Waals surface area contributed by atoms with E-state index in [4.69, 9.17) is 11.5 Å². The first-order valence-electron chi connectivity index (χ1n) is 6.10. The smallest absolute Gasteiger partial charge is 0.250 e. The molecule has 4 N–H and O–H groups in total. The van der Waals surface area contributed by atoms with Crippen LogP contribution < -0.4 is 16.4 Å². The van der Waals surface area contributed by atoms with Crippen molar-refractivity contribution < 1.29 is 4.79 Å². The second-order valence-corrected chi connectivity index (χ2v) is 4.57. The zero-order valence-corrected chi connectivity index (χ0v) is 10.4. The van der Waals surface area contributed by atoms with Gasteiger partial charge in [-0.3, -0.25) is 4.79 Å². The van der Waals surface area contributed by atoms with Gasteiger partial charge in [-0.25, -0.2) is 4.98 Å². The van der Waals surface area contributed by atoms with Gasteiger partial charge in [-0.05, 0) is 12.1 Å². The molecule has 6 nitrogen and oxygen atoms in total. The molecule has 0 bridgehead atoms. The highest BCUT2D eigenvalue weighted by molar-refractivity contribution is 6.01. The number of nitrogens with two attached hydrogens (primary N) is 2. The molecular formula is C13H15N5O. The number of benzene rings is 1. The quantitative estimate of drug-likeness (QED) is 0.770. The number of anilines is 2. The van der Waals surface area contributed by atoms with Crippen molar-refractivity contribution in [3.05, 3.63) is 42.0 Å². The SMILES string of the molecule is NC(=O)c1cccc(N)c1N1CCn2ccnc2C1. The second-order valence-electron chi connectivity index (χ2n) is 4.57. The van der Waals surface area contributed by atoms with E-state index in [1.807, 2.05) is 6.20 Å². The Kier molecular flexibility index (Phi) is 2.63. The number of fused-ring (bicyclic) bond motifs is 1. The molecule has 0 spiro atoms. The minimum absolute atomic E-state index is 0.458. The fourth-order valence-corrected chi connectivity index (χ4v) is 2.48. The minimum atomic E-state index is -0.462. The van der Waals surface area contributed by atoms with Crippen molar-refractivity contribution in [3.63, 3.8) is 0 Å². The lowest BCUT2D eigenvalue weighted by molar-refractivity contribution is 0.100. The predicted molar refractivity (Wildman–Crippen MR) is 72.6 cm³/mol. The number of amides is 1. The average molecular weight is 257 g/mol. The van der Waals surface area contributed by atoms with E-state index in [-0.39, 0.29) is 0 Å². The van der Waals surface area contributed by atoms with Gasteiger partial charge in [-0.2, -0.15) is 0 Å². The molecule has 1 aromatic heterocycles. The maximum Gasteiger partial charge on any atom is 0.250 e. The molecule has 2 aromatic rings. The van der Waals surface area contributed by atoms with Crippen LogP contribution in [-0.4, -0.2) is 22.0 Å². The highest BCUT2D eigenvalue weighted by Crippen LogP contribution is 2.30. The summed E-state index contributed by atoms with van der Waals surface area (Å²) in [5.41, 5.74) is 13.2. The number of carbonyl (C=O) groups excluding carboxylic acids is 1. The Balaban J connectivity index is 2.02. The van der Waals surface area contributed by atoms with Crippen molar-refractivity contribution >= 4 is 17.3 Å². The normalized spacial score (nSPS) is 14.2. The molecule has 19 heavy (non-hydrogen) atoms. The Morgan fingerprint density at radius 1 is 1.32 bits per heavy atom. The Morgan fingerprint density at radius 3 is 2.95 bits per heavy atom. The molecule has 1 aliphatic heterocycles. The van der Waals surface area contributed by atoms with Crippen LogP contribution in [0.2, 0.25) is 0 Å². The van der Waals surface area contributed by atoms with Crippen molar-refractivity contribution in [2.24, 2.45) is 5.73 Å². The van der Waals surface area contributed by atoms with Crippen LogP contribution in [0.4, 0.5) is 11.4 Å². The topological polar surface area (TPSA) is 90.2 Å². The standard InChI is InChI=1S/C13H15N5O/c14-10-3-1-2-9(13(15)19)12(10)18-7-6-17-5-4-16-11(17)8-18/h1-5H,6-8,14H2,(H2,15,19). The number of aromatic nitrogens is 2. The molecule has 3 rings (SSSR count). The molecule has 6 heteroatoms. The van der Waals surface area contributed by atoms with E-state index < -0.39 is 5.91 Å². The van der Waals surface area contributed by atoms with Crippen molar-refractivity contribution in [3.8, 4) is 0 Å². The molecule has 1 amide bonds.